The van der Waals surface area contributed by atoms with Crippen molar-refractivity contribution in [3.63, 3.8) is 0 Å². The summed E-state index contributed by atoms with van der Waals surface area (Å²) in [6.07, 6.45) is 3.32. The van der Waals surface area contributed by atoms with E-state index in [1.165, 1.54) is 5.56 Å². The lowest BCUT2D eigenvalue weighted by atomic mass is 9.88. The van der Waals surface area contributed by atoms with Gasteiger partial charge in [0.05, 0.1) is 5.92 Å². The van der Waals surface area contributed by atoms with E-state index in [0.717, 1.165) is 45.3 Å². The summed E-state index contributed by atoms with van der Waals surface area (Å²) in [7, 11) is 2.16. The van der Waals surface area contributed by atoms with Crippen LogP contribution in [0.5, 0.6) is 0 Å². The Bertz CT molecular complexity index is 455. The van der Waals surface area contributed by atoms with E-state index in [9.17, 15) is 9.90 Å². The van der Waals surface area contributed by atoms with Crippen molar-refractivity contribution in [2.75, 3.05) is 26.2 Å². The van der Waals surface area contributed by atoms with Gasteiger partial charge in [-0.2, -0.15) is 0 Å². The first-order valence-corrected chi connectivity index (χ1v) is 8.40. The van der Waals surface area contributed by atoms with Crippen molar-refractivity contribution in [2.24, 2.45) is 11.8 Å². The number of aliphatic carboxylic acids is 1. The molecule has 1 aliphatic heterocycles. The van der Waals surface area contributed by atoms with Crippen molar-refractivity contribution < 1.29 is 9.90 Å². The summed E-state index contributed by atoms with van der Waals surface area (Å²) in [6, 6.07) is 10.4. The molecule has 0 bridgehead atoms. The Labute approximate surface area is 134 Å². The fraction of sp³-hybridized carbons (Fsp3) is 0.588. The maximum Gasteiger partial charge on any atom is 0.308 e. The molecular weight excluding hydrogens is 275 g/mol. The lowest BCUT2D eigenvalue weighted by Gasteiger charge is -2.16. The highest BCUT2D eigenvalue weighted by atomic mass is 16.4. The summed E-state index contributed by atoms with van der Waals surface area (Å²) < 4.78 is 0. The molecule has 0 amide bonds. The highest BCUT2D eigenvalue weighted by molar-refractivity contribution is 6.08. The van der Waals surface area contributed by atoms with E-state index in [2.05, 4.69) is 30.2 Å². The van der Waals surface area contributed by atoms with Gasteiger partial charge in [0.15, 0.2) is 0 Å². The fourth-order valence-electron chi connectivity index (χ4n) is 3.25. The maximum absolute atomic E-state index is 11.4. The molecule has 5 heteroatoms. The maximum atomic E-state index is 11.4. The molecule has 1 aromatic rings. The fourth-order valence-corrected chi connectivity index (χ4v) is 3.25. The second-order valence-electron chi connectivity index (χ2n) is 6.27. The van der Waals surface area contributed by atoms with Gasteiger partial charge in [-0.3, -0.25) is 4.79 Å². The third-order valence-electron chi connectivity index (χ3n) is 4.54. The number of nitrogens with zero attached hydrogens (tertiary/aromatic N) is 1. The summed E-state index contributed by atoms with van der Waals surface area (Å²) in [5.41, 5.74) is 1.29. The molecule has 1 heterocycles. The Morgan fingerprint density at radius 1 is 1.32 bits per heavy atom. The number of carboxylic acid groups (broad SMARTS) is 1. The minimum absolute atomic E-state index is 0.180. The summed E-state index contributed by atoms with van der Waals surface area (Å²) in [5, 5.41) is 12.8. The van der Waals surface area contributed by atoms with Gasteiger partial charge in [-0.1, -0.05) is 43.1 Å². The van der Waals surface area contributed by atoms with E-state index in [1.807, 2.05) is 18.2 Å². The third kappa shape index (κ3) is 5.14. The second-order valence-corrected chi connectivity index (χ2v) is 6.27. The van der Waals surface area contributed by atoms with Gasteiger partial charge in [0, 0.05) is 32.7 Å². The molecule has 0 aromatic heterocycles. The molecule has 0 spiro atoms. The van der Waals surface area contributed by atoms with Crippen molar-refractivity contribution in [2.45, 2.75) is 25.7 Å². The zero-order valence-corrected chi connectivity index (χ0v) is 13.5. The zero-order valence-electron chi connectivity index (χ0n) is 13.5. The molecule has 22 heavy (non-hydrogen) atoms. The van der Waals surface area contributed by atoms with Crippen LogP contribution in [0.4, 0.5) is 0 Å². The van der Waals surface area contributed by atoms with Crippen LogP contribution in [0.2, 0.25) is 6.32 Å². The van der Waals surface area contributed by atoms with Gasteiger partial charge in [0.25, 0.3) is 0 Å². The van der Waals surface area contributed by atoms with Crippen molar-refractivity contribution in [1.82, 2.24) is 10.2 Å². The van der Waals surface area contributed by atoms with Crippen LogP contribution in [-0.4, -0.2) is 50.0 Å². The van der Waals surface area contributed by atoms with Crippen LogP contribution >= 0.6 is 0 Å². The standard InChI is InChI=1S/C17H27BN2O2/c18-8-4-7-15-12-20(13-16(15)17(21)22)10-9-19-11-14-5-2-1-3-6-14/h1-3,5-6,15-16,19H,4,7-13,18H2,(H,21,22)/t15-,16+/m0/s1. The lowest BCUT2D eigenvalue weighted by molar-refractivity contribution is -0.142. The Balaban J connectivity index is 1.70. The number of carboxylic acids is 1. The Kier molecular flexibility index (Phi) is 6.94. The minimum atomic E-state index is -0.624. The van der Waals surface area contributed by atoms with Gasteiger partial charge in [0.2, 0.25) is 0 Å². The minimum Gasteiger partial charge on any atom is -0.481 e. The van der Waals surface area contributed by atoms with Crippen molar-refractivity contribution in [3.8, 4) is 0 Å². The highest BCUT2D eigenvalue weighted by Gasteiger charge is 2.36. The van der Waals surface area contributed by atoms with Gasteiger partial charge < -0.3 is 15.3 Å². The van der Waals surface area contributed by atoms with E-state index in [1.54, 1.807) is 0 Å². The first-order chi connectivity index (χ1) is 10.7. The van der Waals surface area contributed by atoms with Gasteiger partial charge in [-0.05, 0) is 17.9 Å². The van der Waals surface area contributed by atoms with Gasteiger partial charge in [-0.15, -0.1) is 0 Å². The van der Waals surface area contributed by atoms with Crippen LogP contribution < -0.4 is 5.32 Å². The molecule has 2 atom stereocenters. The van der Waals surface area contributed by atoms with Crippen molar-refractivity contribution in [3.05, 3.63) is 35.9 Å². The summed E-state index contributed by atoms with van der Waals surface area (Å²) in [5.74, 6) is -0.479. The number of benzene rings is 1. The number of rotatable bonds is 9. The van der Waals surface area contributed by atoms with Gasteiger partial charge >= 0.3 is 5.97 Å². The smallest absolute Gasteiger partial charge is 0.308 e. The zero-order chi connectivity index (χ0) is 15.8. The average Bonchev–Trinajstić information content (AvgIpc) is 2.94. The quantitative estimate of drug-likeness (QED) is 0.532. The predicted octanol–water partition coefficient (Wildman–Crippen LogP) is 1.24. The normalized spacial score (nSPS) is 22.0. The van der Waals surface area contributed by atoms with E-state index in [4.69, 9.17) is 0 Å². The summed E-state index contributed by atoms with van der Waals surface area (Å²) in [4.78, 5) is 13.7. The van der Waals surface area contributed by atoms with Gasteiger partial charge in [0.1, 0.15) is 7.85 Å². The highest BCUT2D eigenvalue weighted by Crippen LogP contribution is 2.27. The average molecular weight is 302 g/mol. The number of hydrogen-bond donors (Lipinski definition) is 2. The first kappa shape index (κ1) is 17.0. The van der Waals surface area contributed by atoms with Crippen LogP contribution in [0, 0.1) is 11.8 Å². The van der Waals surface area contributed by atoms with E-state index in [-0.39, 0.29) is 5.92 Å². The van der Waals surface area contributed by atoms with Gasteiger partial charge in [-0.25, -0.2) is 0 Å². The molecule has 1 saturated heterocycles. The van der Waals surface area contributed by atoms with Crippen LogP contribution in [0.1, 0.15) is 18.4 Å². The Morgan fingerprint density at radius 2 is 2.09 bits per heavy atom. The monoisotopic (exact) mass is 302 g/mol. The molecule has 1 fully saturated rings. The Morgan fingerprint density at radius 3 is 2.77 bits per heavy atom. The van der Waals surface area contributed by atoms with Crippen molar-refractivity contribution >= 4 is 13.8 Å². The molecule has 0 aliphatic carbocycles. The third-order valence-corrected chi connectivity index (χ3v) is 4.54. The largest absolute Gasteiger partial charge is 0.481 e. The topological polar surface area (TPSA) is 52.6 Å². The van der Waals surface area contributed by atoms with E-state index in [0.29, 0.717) is 12.5 Å². The molecule has 1 aliphatic rings. The second kappa shape index (κ2) is 8.96. The van der Waals surface area contributed by atoms with E-state index >= 15 is 0 Å². The number of hydrogen-bond acceptors (Lipinski definition) is 3. The lowest BCUT2D eigenvalue weighted by Crippen LogP contribution is -2.31. The molecule has 4 nitrogen and oxygen atoms in total. The summed E-state index contributed by atoms with van der Waals surface area (Å²) in [6.45, 7) is 4.35. The molecule has 2 N–H and O–H groups in total. The van der Waals surface area contributed by atoms with Crippen LogP contribution in [0.15, 0.2) is 30.3 Å². The molecule has 120 valence electrons. The number of likely N-dealkylation sites (tertiary alicyclic amines) is 1. The van der Waals surface area contributed by atoms with Crippen molar-refractivity contribution in [1.29, 1.82) is 0 Å². The Hall–Kier alpha value is -1.33. The van der Waals surface area contributed by atoms with Crippen LogP contribution in [0.3, 0.4) is 0 Å². The number of nitrogens with one attached hydrogen (secondary N) is 1. The van der Waals surface area contributed by atoms with Crippen LogP contribution in [0.25, 0.3) is 0 Å². The van der Waals surface area contributed by atoms with Crippen LogP contribution in [-0.2, 0) is 11.3 Å². The SMILES string of the molecule is BCCC[C@H]1CN(CCNCc2ccccc2)C[C@H]1C(=O)O. The number of carbonyl (C=O) groups is 1. The first-order valence-electron chi connectivity index (χ1n) is 8.40. The molecule has 0 radical (unpaired) electrons. The van der Waals surface area contributed by atoms with E-state index < -0.39 is 5.97 Å². The molecular formula is C17H27BN2O2. The molecule has 1 aromatic carbocycles. The predicted molar refractivity (Wildman–Crippen MR) is 91.8 cm³/mol. The molecule has 0 unspecified atom stereocenters. The summed E-state index contributed by atoms with van der Waals surface area (Å²) >= 11 is 0. The molecule has 0 saturated carbocycles. The molecule has 2 rings (SSSR count).